The van der Waals surface area contributed by atoms with Crippen molar-refractivity contribution in [2.45, 2.75) is 12.3 Å². The summed E-state index contributed by atoms with van der Waals surface area (Å²) in [6.45, 7) is 2.19. The van der Waals surface area contributed by atoms with Crippen LogP contribution in [0, 0.1) is 10.1 Å². The molecule has 1 aliphatic carbocycles. The Morgan fingerprint density at radius 3 is 1.74 bits per heavy atom. The van der Waals surface area contributed by atoms with Gasteiger partial charge in [0.15, 0.2) is 0 Å². The summed E-state index contributed by atoms with van der Waals surface area (Å²) >= 11 is 0. The molecule has 0 amide bonds. The molecule has 4 rings (SSSR count). The highest BCUT2D eigenvalue weighted by molar-refractivity contribution is 5.83. The molecule has 0 aliphatic heterocycles. The van der Waals surface area contributed by atoms with Crippen molar-refractivity contribution in [3.8, 4) is 11.1 Å². The van der Waals surface area contributed by atoms with E-state index in [0.29, 0.717) is 0 Å². The minimum absolute atomic E-state index is 0.122. The van der Waals surface area contributed by atoms with Gasteiger partial charge in [0.1, 0.15) is 0 Å². The first-order valence-corrected chi connectivity index (χ1v) is 7.56. The molecule has 0 atom stereocenters. The molecule has 0 saturated heterocycles. The number of nitrogens with zero attached hydrogens (tertiary/aromatic N) is 1. The lowest BCUT2D eigenvalue weighted by atomic mass is 9.74. The zero-order chi connectivity index (χ0) is 16.0. The Balaban J connectivity index is 1.98. The zero-order valence-electron chi connectivity index (χ0n) is 12.7. The van der Waals surface area contributed by atoms with Crippen LogP contribution in [0.25, 0.3) is 11.1 Å². The van der Waals surface area contributed by atoms with E-state index in [9.17, 15) is 10.1 Å². The molecule has 3 aromatic carbocycles. The van der Waals surface area contributed by atoms with Gasteiger partial charge in [-0.25, -0.2) is 0 Å². The van der Waals surface area contributed by atoms with E-state index in [-0.39, 0.29) is 16.0 Å². The predicted octanol–water partition coefficient (Wildman–Crippen LogP) is 4.93. The number of nitro groups is 1. The van der Waals surface area contributed by atoms with Crippen molar-refractivity contribution in [3.05, 3.63) is 99.6 Å². The van der Waals surface area contributed by atoms with E-state index in [1.54, 1.807) is 12.1 Å². The number of hydrogen-bond donors (Lipinski definition) is 0. The van der Waals surface area contributed by atoms with Crippen molar-refractivity contribution in [1.29, 1.82) is 0 Å². The Morgan fingerprint density at radius 1 is 0.783 bits per heavy atom. The summed E-state index contributed by atoms with van der Waals surface area (Å²) in [5, 5.41) is 10.9. The Kier molecular flexibility index (Phi) is 2.85. The number of hydrogen-bond acceptors (Lipinski definition) is 2. The third kappa shape index (κ3) is 1.83. The molecule has 0 heterocycles. The molecule has 0 fully saturated rings. The van der Waals surface area contributed by atoms with Crippen LogP contribution in [0.3, 0.4) is 0 Å². The number of rotatable bonds is 2. The second-order valence-electron chi connectivity index (χ2n) is 6.02. The Bertz CT molecular complexity index is 867. The molecule has 1 aliphatic rings. The Morgan fingerprint density at radius 2 is 1.26 bits per heavy atom. The molecule has 0 spiro atoms. The van der Waals surface area contributed by atoms with Crippen molar-refractivity contribution in [3.63, 3.8) is 0 Å². The fourth-order valence-electron chi connectivity index (χ4n) is 3.68. The lowest BCUT2D eigenvalue weighted by Gasteiger charge is -2.28. The van der Waals surface area contributed by atoms with Gasteiger partial charge in [-0.3, -0.25) is 10.1 Å². The number of non-ortho nitro benzene ring substituents is 1. The van der Waals surface area contributed by atoms with Gasteiger partial charge in [-0.15, -0.1) is 0 Å². The number of nitro benzene ring substituents is 1. The van der Waals surface area contributed by atoms with Crippen LogP contribution in [0.4, 0.5) is 5.69 Å². The minimum Gasteiger partial charge on any atom is -0.258 e. The largest absolute Gasteiger partial charge is 0.269 e. The van der Waals surface area contributed by atoms with Gasteiger partial charge in [0.2, 0.25) is 0 Å². The van der Waals surface area contributed by atoms with Crippen molar-refractivity contribution in [1.82, 2.24) is 0 Å². The molecule has 0 aromatic heterocycles. The fourth-order valence-corrected chi connectivity index (χ4v) is 3.68. The molecule has 3 heteroatoms. The second kappa shape index (κ2) is 4.78. The van der Waals surface area contributed by atoms with Gasteiger partial charge < -0.3 is 0 Å². The van der Waals surface area contributed by atoms with Crippen LogP contribution in [-0.4, -0.2) is 4.92 Å². The molecule has 0 saturated carbocycles. The van der Waals surface area contributed by atoms with Gasteiger partial charge in [0.05, 0.1) is 4.92 Å². The smallest absolute Gasteiger partial charge is 0.258 e. The van der Waals surface area contributed by atoms with Crippen molar-refractivity contribution in [2.24, 2.45) is 0 Å². The van der Waals surface area contributed by atoms with Crippen LogP contribution in [0.2, 0.25) is 0 Å². The van der Waals surface area contributed by atoms with Gasteiger partial charge in [0, 0.05) is 17.5 Å². The average molecular weight is 301 g/mol. The summed E-state index contributed by atoms with van der Waals surface area (Å²) in [4.78, 5) is 10.6. The van der Waals surface area contributed by atoms with Gasteiger partial charge in [-0.05, 0) is 34.7 Å². The lowest BCUT2D eigenvalue weighted by Crippen LogP contribution is -2.22. The van der Waals surface area contributed by atoms with E-state index in [1.807, 2.05) is 24.3 Å². The predicted molar refractivity (Wildman–Crippen MR) is 90.5 cm³/mol. The van der Waals surface area contributed by atoms with Crippen LogP contribution in [0.5, 0.6) is 0 Å². The third-order valence-corrected chi connectivity index (χ3v) is 4.88. The topological polar surface area (TPSA) is 43.1 Å². The summed E-state index contributed by atoms with van der Waals surface area (Å²) in [7, 11) is 0. The van der Waals surface area contributed by atoms with Gasteiger partial charge in [-0.1, -0.05) is 60.7 Å². The maximum Gasteiger partial charge on any atom is 0.269 e. The van der Waals surface area contributed by atoms with Crippen LogP contribution >= 0.6 is 0 Å². The average Bonchev–Trinajstić information content (AvgIpc) is 2.86. The highest BCUT2D eigenvalue weighted by Crippen LogP contribution is 2.52. The van der Waals surface area contributed by atoms with E-state index in [2.05, 4.69) is 43.3 Å². The maximum absolute atomic E-state index is 10.9. The summed E-state index contributed by atoms with van der Waals surface area (Å²) < 4.78 is 0. The highest BCUT2D eigenvalue weighted by atomic mass is 16.6. The van der Waals surface area contributed by atoms with Crippen molar-refractivity contribution >= 4 is 5.69 Å². The minimum atomic E-state index is -0.358. The van der Waals surface area contributed by atoms with E-state index in [4.69, 9.17) is 0 Å². The summed E-state index contributed by atoms with van der Waals surface area (Å²) in [6.07, 6.45) is 0. The van der Waals surface area contributed by atoms with Gasteiger partial charge >= 0.3 is 0 Å². The second-order valence-corrected chi connectivity index (χ2v) is 6.02. The molecule has 112 valence electrons. The van der Waals surface area contributed by atoms with E-state index in [0.717, 1.165) is 5.56 Å². The first kappa shape index (κ1) is 13.7. The van der Waals surface area contributed by atoms with Gasteiger partial charge in [-0.2, -0.15) is 0 Å². The molecule has 0 unspecified atom stereocenters. The molecule has 0 bridgehead atoms. The molecular formula is C20H15NO2. The van der Waals surface area contributed by atoms with Crippen LogP contribution in [0.15, 0.2) is 72.8 Å². The number of fused-ring (bicyclic) bond motifs is 3. The fraction of sp³-hybridized carbons (Fsp3) is 0.100. The van der Waals surface area contributed by atoms with Crippen LogP contribution < -0.4 is 0 Å². The first-order valence-electron chi connectivity index (χ1n) is 7.56. The quantitative estimate of drug-likeness (QED) is 0.497. The zero-order valence-corrected chi connectivity index (χ0v) is 12.7. The third-order valence-electron chi connectivity index (χ3n) is 4.88. The van der Waals surface area contributed by atoms with Crippen LogP contribution in [-0.2, 0) is 5.41 Å². The molecule has 0 radical (unpaired) electrons. The molecular weight excluding hydrogens is 286 g/mol. The SMILES string of the molecule is CC1(c2ccc([N+](=O)[O-])cc2)c2ccccc2-c2ccccc21. The Labute approximate surface area is 134 Å². The monoisotopic (exact) mass is 301 g/mol. The standard InChI is InChI=1S/C20H15NO2/c1-20(14-10-12-15(13-11-14)21(22)23)18-8-4-2-6-16(18)17-7-3-5-9-19(17)20/h2-13H,1H3. The van der Waals surface area contributed by atoms with E-state index < -0.39 is 0 Å². The van der Waals surface area contributed by atoms with Crippen molar-refractivity contribution in [2.75, 3.05) is 0 Å². The van der Waals surface area contributed by atoms with E-state index >= 15 is 0 Å². The Hall–Kier alpha value is -2.94. The summed E-state index contributed by atoms with van der Waals surface area (Å²) in [6, 6.07) is 23.7. The first-order chi connectivity index (χ1) is 11.1. The molecule has 3 aromatic rings. The molecule has 23 heavy (non-hydrogen) atoms. The molecule has 3 nitrogen and oxygen atoms in total. The summed E-state index contributed by atoms with van der Waals surface area (Å²) in [5.74, 6) is 0. The highest BCUT2D eigenvalue weighted by Gasteiger charge is 2.40. The van der Waals surface area contributed by atoms with Crippen LogP contribution in [0.1, 0.15) is 23.6 Å². The maximum atomic E-state index is 10.9. The molecule has 0 N–H and O–H groups in total. The van der Waals surface area contributed by atoms with Crippen molar-refractivity contribution < 1.29 is 4.92 Å². The summed E-state index contributed by atoms with van der Waals surface area (Å²) in [5.41, 5.74) is 5.87. The van der Waals surface area contributed by atoms with E-state index in [1.165, 1.54) is 22.3 Å². The lowest BCUT2D eigenvalue weighted by molar-refractivity contribution is -0.384. The van der Waals surface area contributed by atoms with Gasteiger partial charge in [0.25, 0.3) is 5.69 Å². The number of benzene rings is 3. The normalized spacial score (nSPS) is 14.1.